The highest BCUT2D eigenvalue weighted by atomic mass is 16.4. The summed E-state index contributed by atoms with van der Waals surface area (Å²) >= 11 is 0. The van der Waals surface area contributed by atoms with Crippen LogP contribution in [0.25, 0.3) is 0 Å². The van der Waals surface area contributed by atoms with E-state index >= 15 is 0 Å². The Hall–Kier alpha value is -1.14. The second kappa shape index (κ2) is 11.7. The Balaban J connectivity index is 4.02. The summed E-state index contributed by atoms with van der Waals surface area (Å²) in [5.41, 5.74) is 0. The van der Waals surface area contributed by atoms with Crippen LogP contribution in [-0.4, -0.2) is 71.2 Å². The van der Waals surface area contributed by atoms with Gasteiger partial charge in [-0.1, -0.05) is 13.8 Å². The minimum Gasteiger partial charge on any atom is -0.481 e. The molecule has 118 valence electrons. The van der Waals surface area contributed by atoms with Crippen molar-refractivity contribution in [1.82, 2.24) is 9.80 Å². The topological polar surface area (TPSA) is 81.1 Å². The standard InChI is InChI=1S/C14H28N2O4/c1-3-15(4-2)10-6-11-16(12-8-14(19)20)9-5-7-13(17)18/h3-12H2,1-2H3,(H,17,18)(H,19,20). The number of hydrogen-bond donors (Lipinski definition) is 2. The summed E-state index contributed by atoms with van der Waals surface area (Å²) in [6.07, 6.45) is 1.80. The van der Waals surface area contributed by atoms with E-state index in [1.165, 1.54) is 0 Å². The van der Waals surface area contributed by atoms with Crippen LogP contribution in [0.4, 0.5) is 0 Å². The quantitative estimate of drug-likeness (QED) is 0.532. The smallest absolute Gasteiger partial charge is 0.304 e. The van der Waals surface area contributed by atoms with Crippen molar-refractivity contribution >= 4 is 11.9 Å². The number of carboxylic acids is 2. The van der Waals surface area contributed by atoms with Crippen LogP contribution in [0, 0.1) is 0 Å². The highest BCUT2D eigenvalue weighted by molar-refractivity contribution is 5.67. The second-order valence-corrected chi connectivity index (χ2v) is 4.86. The molecule has 0 aromatic carbocycles. The van der Waals surface area contributed by atoms with Gasteiger partial charge in [-0.3, -0.25) is 9.59 Å². The molecule has 0 radical (unpaired) electrons. The Kier molecular flexibility index (Phi) is 11.0. The normalized spacial score (nSPS) is 11.2. The van der Waals surface area contributed by atoms with E-state index in [9.17, 15) is 9.59 Å². The number of carboxylic acid groups (broad SMARTS) is 2. The zero-order valence-corrected chi connectivity index (χ0v) is 12.7. The average Bonchev–Trinajstić information content (AvgIpc) is 2.39. The first-order chi connectivity index (χ1) is 9.49. The Labute approximate surface area is 121 Å². The Morgan fingerprint density at radius 1 is 0.750 bits per heavy atom. The van der Waals surface area contributed by atoms with Crippen LogP contribution in [0.15, 0.2) is 0 Å². The molecule has 0 amide bonds. The highest BCUT2D eigenvalue weighted by Crippen LogP contribution is 2.01. The summed E-state index contributed by atoms with van der Waals surface area (Å²) in [6, 6.07) is 0. The lowest BCUT2D eigenvalue weighted by atomic mass is 10.2. The van der Waals surface area contributed by atoms with E-state index in [0.717, 1.165) is 32.6 Å². The van der Waals surface area contributed by atoms with Gasteiger partial charge in [-0.15, -0.1) is 0 Å². The molecule has 0 saturated carbocycles. The summed E-state index contributed by atoms with van der Waals surface area (Å²) in [6.45, 7) is 9.25. The van der Waals surface area contributed by atoms with Crippen LogP contribution in [0.1, 0.15) is 39.5 Å². The second-order valence-electron chi connectivity index (χ2n) is 4.86. The Bertz CT molecular complexity index is 280. The van der Waals surface area contributed by atoms with Crippen LogP contribution in [0.3, 0.4) is 0 Å². The molecule has 0 atom stereocenters. The summed E-state index contributed by atoms with van der Waals surface area (Å²) in [4.78, 5) is 25.5. The third-order valence-corrected chi connectivity index (χ3v) is 3.35. The van der Waals surface area contributed by atoms with E-state index < -0.39 is 11.9 Å². The van der Waals surface area contributed by atoms with Gasteiger partial charge < -0.3 is 20.0 Å². The molecule has 0 aliphatic rings. The molecule has 0 spiro atoms. The summed E-state index contributed by atoms with van der Waals surface area (Å²) in [7, 11) is 0. The molecule has 0 bridgehead atoms. The molecule has 6 heteroatoms. The van der Waals surface area contributed by atoms with Crippen LogP contribution >= 0.6 is 0 Å². The lowest BCUT2D eigenvalue weighted by Gasteiger charge is -2.23. The molecule has 0 aliphatic carbocycles. The summed E-state index contributed by atoms with van der Waals surface area (Å²) in [5, 5.41) is 17.4. The molecule has 0 aromatic heterocycles. The fraction of sp³-hybridized carbons (Fsp3) is 0.857. The van der Waals surface area contributed by atoms with Gasteiger partial charge in [0, 0.05) is 13.0 Å². The molecule has 2 N–H and O–H groups in total. The lowest BCUT2D eigenvalue weighted by molar-refractivity contribution is -0.138. The lowest BCUT2D eigenvalue weighted by Crippen LogP contribution is -2.32. The van der Waals surface area contributed by atoms with Gasteiger partial charge in [-0.05, 0) is 45.6 Å². The maximum Gasteiger partial charge on any atom is 0.304 e. The van der Waals surface area contributed by atoms with Crippen molar-refractivity contribution in [3.63, 3.8) is 0 Å². The van der Waals surface area contributed by atoms with Gasteiger partial charge in [-0.2, -0.15) is 0 Å². The first-order valence-electron chi connectivity index (χ1n) is 7.37. The summed E-state index contributed by atoms with van der Waals surface area (Å²) < 4.78 is 0. The van der Waals surface area contributed by atoms with E-state index in [1.54, 1.807) is 0 Å². The maximum atomic E-state index is 10.6. The number of hydrogen-bond acceptors (Lipinski definition) is 4. The van der Waals surface area contributed by atoms with E-state index in [-0.39, 0.29) is 12.8 Å². The van der Waals surface area contributed by atoms with Crippen molar-refractivity contribution in [2.75, 3.05) is 39.3 Å². The highest BCUT2D eigenvalue weighted by Gasteiger charge is 2.09. The van der Waals surface area contributed by atoms with Crippen LogP contribution in [0.5, 0.6) is 0 Å². The van der Waals surface area contributed by atoms with Crippen molar-refractivity contribution in [3.8, 4) is 0 Å². The fourth-order valence-electron chi connectivity index (χ4n) is 2.10. The van der Waals surface area contributed by atoms with Crippen LogP contribution in [-0.2, 0) is 9.59 Å². The largest absolute Gasteiger partial charge is 0.481 e. The monoisotopic (exact) mass is 288 g/mol. The van der Waals surface area contributed by atoms with E-state index in [2.05, 4.69) is 23.6 Å². The molecule has 0 rings (SSSR count). The molecule has 0 saturated heterocycles. The van der Waals surface area contributed by atoms with Crippen LogP contribution in [0.2, 0.25) is 0 Å². The van der Waals surface area contributed by atoms with Crippen molar-refractivity contribution in [3.05, 3.63) is 0 Å². The van der Waals surface area contributed by atoms with Crippen molar-refractivity contribution < 1.29 is 19.8 Å². The Morgan fingerprint density at radius 3 is 1.75 bits per heavy atom. The van der Waals surface area contributed by atoms with Crippen molar-refractivity contribution in [1.29, 1.82) is 0 Å². The molecular weight excluding hydrogens is 260 g/mol. The van der Waals surface area contributed by atoms with Crippen LogP contribution < -0.4 is 0 Å². The summed E-state index contributed by atoms with van der Waals surface area (Å²) in [5.74, 6) is -1.61. The average molecular weight is 288 g/mol. The molecule has 0 heterocycles. The number of carbonyl (C=O) groups is 2. The molecule has 0 unspecified atom stereocenters. The van der Waals surface area contributed by atoms with E-state index in [1.807, 2.05) is 0 Å². The van der Waals surface area contributed by atoms with Crippen molar-refractivity contribution in [2.24, 2.45) is 0 Å². The van der Waals surface area contributed by atoms with Gasteiger partial charge in [0.25, 0.3) is 0 Å². The molecule has 20 heavy (non-hydrogen) atoms. The van der Waals surface area contributed by atoms with E-state index in [4.69, 9.17) is 10.2 Å². The third kappa shape index (κ3) is 10.8. The minimum atomic E-state index is -0.808. The number of rotatable bonds is 13. The number of aliphatic carboxylic acids is 2. The third-order valence-electron chi connectivity index (χ3n) is 3.35. The van der Waals surface area contributed by atoms with Gasteiger partial charge in [0.1, 0.15) is 0 Å². The zero-order chi connectivity index (χ0) is 15.4. The molecule has 0 aliphatic heterocycles. The number of nitrogens with zero attached hydrogens (tertiary/aromatic N) is 2. The van der Waals surface area contributed by atoms with E-state index in [0.29, 0.717) is 19.5 Å². The maximum absolute atomic E-state index is 10.6. The zero-order valence-electron chi connectivity index (χ0n) is 12.7. The fourth-order valence-corrected chi connectivity index (χ4v) is 2.10. The molecule has 6 nitrogen and oxygen atoms in total. The Morgan fingerprint density at radius 2 is 1.25 bits per heavy atom. The van der Waals surface area contributed by atoms with Gasteiger partial charge in [-0.25, -0.2) is 0 Å². The first kappa shape index (κ1) is 18.9. The molecular formula is C14H28N2O4. The van der Waals surface area contributed by atoms with Crippen molar-refractivity contribution in [2.45, 2.75) is 39.5 Å². The predicted octanol–water partition coefficient (Wildman–Crippen LogP) is 1.36. The van der Waals surface area contributed by atoms with Gasteiger partial charge in [0.05, 0.1) is 6.42 Å². The molecule has 0 fully saturated rings. The SMILES string of the molecule is CCN(CC)CCCN(CCCC(=O)O)CCC(=O)O. The predicted molar refractivity (Wildman–Crippen MR) is 78.0 cm³/mol. The first-order valence-corrected chi connectivity index (χ1v) is 7.37. The van der Waals surface area contributed by atoms with Gasteiger partial charge in [0.15, 0.2) is 0 Å². The van der Waals surface area contributed by atoms with Gasteiger partial charge >= 0.3 is 11.9 Å². The van der Waals surface area contributed by atoms with Gasteiger partial charge in [0.2, 0.25) is 0 Å². The molecule has 0 aromatic rings. The minimum absolute atomic E-state index is 0.109.